The van der Waals surface area contributed by atoms with Gasteiger partial charge in [-0.05, 0) is 45.2 Å². The molecule has 1 aromatic rings. The lowest BCUT2D eigenvalue weighted by Crippen LogP contribution is -2.33. The summed E-state index contributed by atoms with van der Waals surface area (Å²) in [6, 6.07) is 7.95. The second kappa shape index (κ2) is 13.6. The van der Waals surface area contributed by atoms with Crippen molar-refractivity contribution in [3.8, 4) is 0 Å². The van der Waals surface area contributed by atoms with Crippen molar-refractivity contribution in [2.24, 2.45) is 10.7 Å². The number of ether oxygens (including phenoxy) is 2. The molecule has 1 rings (SSSR count). The van der Waals surface area contributed by atoms with E-state index in [4.69, 9.17) is 15.2 Å². The average Bonchev–Trinajstić information content (AvgIpc) is 2.59. The molecule has 28 heavy (non-hydrogen) atoms. The van der Waals surface area contributed by atoms with E-state index in [0.717, 1.165) is 37.3 Å². The molecule has 0 heterocycles. The number of amides is 1. The number of carbonyl (C=O) groups excluding carboxylic acids is 1. The van der Waals surface area contributed by atoms with E-state index >= 15 is 0 Å². The lowest BCUT2D eigenvalue weighted by atomic mass is 10.1. The maximum absolute atomic E-state index is 12.0. The molecule has 0 aromatic heterocycles. The lowest BCUT2D eigenvalue weighted by Gasteiger charge is -2.24. The second-order valence-corrected chi connectivity index (χ2v) is 7.33. The van der Waals surface area contributed by atoms with Gasteiger partial charge in [-0.2, -0.15) is 0 Å². The third-order valence-corrected chi connectivity index (χ3v) is 3.56. The number of nitrogens with one attached hydrogen (secondary N) is 1. The van der Waals surface area contributed by atoms with Crippen LogP contribution < -0.4 is 11.1 Å². The van der Waals surface area contributed by atoms with E-state index in [1.54, 1.807) is 11.9 Å². The molecule has 1 amide bonds. The Bertz CT molecular complexity index is 600. The van der Waals surface area contributed by atoms with Gasteiger partial charge < -0.3 is 25.4 Å². The predicted octanol–water partition coefficient (Wildman–Crippen LogP) is 3.50. The van der Waals surface area contributed by atoms with E-state index in [-0.39, 0.29) is 30.1 Å². The zero-order valence-corrected chi connectivity index (χ0v) is 20.0. The normalized spacial score (nSPS) is 11.5. The molecule has 0 aliphatic rings. The summed E-state index contributed by atoms with van der Waals surface area (Å²) in [5.74, 6) is 0.431. The van der Waals surface area contributed by atoms with Crippen LogP contribution in [0.15, 0.2) is 29.3 Å². The van der Waals surface area contributed by atoms with Crippen LogP contribution in [-0.2, 0) is 22.6 Å². The number of aliphatic imine (C=N–C) groups is 1. The summed E-state index contributed by atoms with van der Waals surface area (Å²) in [7, 11) is 1.73. The van der Waals surface area contributed by atoms with Crippen molar-refractivity contribution >= 4 is 36.0 Å². The minimum atomic E-state index is -0.496. The third kappa shape index (κ3) is 12.0. The molecule has 0 aliphatic carbocycles. The number of halogens is 1. The van der Waals surface area contributed by atoms with E-state index in [9.17, 15) is 4.79 Å². The largest absolute Gasteiger partial charge is 0.444 e. The zero-order chi connectivity index (χ0) is 20.3. The highest BCUT2D eigenvalue weighted by molar-refractivity contribution is 14.0. The number of guanidine groups is 1. The van der Waals surface area contributed by atoms with Gasteiger partial charge in [0.15, 0.2) is 5.96 Å². The van der Waals surface area contributed by atoms with Crippen molar-refractivity contribution < 1.29 is 14.3 Å². The summed E-state index contributed by atoms with van der Waals surface area (Å²) in [6.07, 6.45) is 0.559. The molecule has 0 aliphatic heterocycles. The van der Waals surface area contributed by atoms with Crippen LogP contribution in [0.2, 0.25) is 0 Å². The number of nitrogens with two attached hydrogens (primary N) is 1. The van der Waals surface area contributed by atoms with Crippen molar-refractivity contribution in [3.05, 3.63) is 35.4 Å². The number of hydrogen-bond acceptors (Lipinski definition) is 4. The Kier molecular flexibility index (Phi) is 12.8. The molecule has 1 aromatic carbocycles. The fourth-order valence-electron chi connectivity index (χ4n) is 2.20. The van der Waals surface area contributed by atoms with Gasteiger partial charge >= 0.3 is 6.09 Å². The first-order valence-electron chi connectivity index (χ1n) is 9.34. The van der Waals surface area contributed by atoms with Crippen LogP contribution in [0.25, 0.3) is 0 Å². The quantitative estimate of drug-likeness (QED) is 0.232. The summed E-state index contributed by atoms with van der Waals surface area (Å²) in [6.45, 7) is 10.7. The van der Waals surface area contributed by atoms with Crippen LogP contribution in [0.1, 0.15) is 45.2 Å². The molecular formula is C20H35IN4O3. The Morgan fingerprint density at radius 2 is 1.82 bits per heavy atom. The van der Waals surface area contributed by atoms with Gasteiger partial charge in [-0.25, -0.2) is 9.79 Å². The fourth-order valence-corrected chi connectivity index (χ4v) is 2.20. The van der Waals surface area contributed by atoms with Gasteiger partial charge in [-0.15, -0.1) is 24.0 Å². The molecule has 0 unspecified atom stereocenters. The van der Waals surface area contributed by atoms with Gasteiger partial charge in [0, 0.05) is 33.4 Å². The van der Waals surface area contributed by atoms with Crippen LogP contribution in [-0.4, -0.2) is 49.4 Å². The standard InChI is InChI=1S/C20H34N4O3.HI/c1-6-26-13-7-12-22-18(21)23-14-16-8-10-17(11-9-16)15-24(5)19(25)27-20(2,3)4;/h8-11H,6-7,12-15H2,1-5H3,(H3,21,22,23);1H. The molecule has 0 saturated heterocycles. The number of carbonyl (C=O) groups is 1. The molecular weight excluding hydrogens is 471 g/mol. The molecule has 8 heteroatoms. The van der Waals surface area contributed by atoms with Crippen molar-refractivity contribution in [2.45, 2.75) is 52.8 Å². The summed E-state index contributed by atoms with van der Waals surface area (Å²) >= 11 is 0. The van der Waals surface area contributed by atoms with Crippen LogP contribution in [0.3, 0.4) is 0 Å². The molecule has 0 bridgehead atoms. The van der Waals surface area contributed by atoms with Crippen molar-refractivity contribution in [1.29, 1.82) is 0 Å². The first-order valence-corrected chi connectivity index (χ1v) is 9.34. The number of hydrogen-bond donors (Lipinski definition) is 2. The summed E-state index contributed by atoms with van der Waals surface area (Å²) < 4.78 is 10.6. The number of benzene rings is 1. The Morgan fingerprint density at radius 1 is 1.21 bits per heavy atom. The second-order valence-electron chi connectivity index (χ2n) is 7.33. The van der Waals surface area contributed by atoms with E-state index < -0.39 is 5.60 Å². The highest BCUT2D eigenvalue weighted by atomic mass is 127. The fraction of sp³-hybridized carbons (Fsp3) is 0.600. The minimum Gasteiger partial charge on any atom is -0.444 e. The van der Waals surface area contributed by atoms with E-state index in [1.165, 1.54) is 0 Å². The summed E-state index contributed by atoms with van der Waals surface area (Å²) in [4.78, 5) is 17.9. The van der Waals surface area contributed by atoms with Crippen LogP contribution in [0.4, 0.5) is 4.79 Å². The van der Waals surface area contributed by atoms with Crippen LogP contribution in [0.5, 0.6) is 0 Å². The van der Waals surface area contributed by atoms with Crippen molar-refractivity contribution in [1.82, 2.24) is 10.2 Å². The Balaban J connectivity index is 0.00000729. The lowest BCUT2D eigenvalue weighted by molar-refractivity contribution is 0.0285. The van der Waals surface area contributed by atoms with Crippen molar-refractivity contribution in [3.63, 3.8) is 0 Å². The smallest absolute Gasteiger partial charge is 0.410 e. The highest BCUT2D eigenvalue weighted by Crippen LogP contribution is 2.12. The van der Waals surface area contributed by atoms with Gasteiger partial charge in [-0.3, -0.25) is 0 Å². The molecule has 0 atom stereocenters. The first kappa shape index (κ1) is 26.4. The molecule has 160 valence electrons. The number of nitrogens with zero attached hydrogens (tertiary/aromatic N) is 2. The maximum atomic E-state index is 12.0. The molecule has 0 saturated carbocycles. The van der Waals surface area contributed by atoms with Crippen LogP contribution in [0, 0.1) is 0 Å². The van der Waals surface area contributed by atoms with E-state index in [2.05, 4.69) is 10.3 Å². The average molecular weight is 506 g/mol. The Morgan fingerprint density at radius 3 is 2.39 bits per heavy atom. The SMILES string of the molecule is CCOCCCNC(N)=NCc1ccc(CN(C)C(=O)OC(C)(C)C)cc1.I. The summed E-state index contributed by atoms with van der Waals surface area (Å²) in [5, 5.41) is 3.07. The maximum Gasteiger partial charge on any atom is 0.410 e. The molecule has 3 N–H and O–H groups in total. The van der Waals surface area contributed by atoms with E-state index in [1.807, 2.05) is 52.0 Å². The topological polar surface area (TPSA) is 89.2 Å². The van der Waals surface area contributed by atoms with Gasteiger partial charge in [0.05, 0.1) is 6.54 Å². The van der Waals surface area contributed by atoms with Gasteiger partial charge in [0.2, 0.25) is 0 Å². The Hall–Kier alpha value is -1.55. The highest BCUT2D eigenvalue weighted by Gasteiger charge is 2.19. The Labute approximate surface area is 186 Å². The molecule has 7 nitrogen and oxygen atoms in total. The third-order valence-electron chi connectivity index (χ3n) is 3.56. The van der Waals surface area contributed by atoms with E-state index in [0.29, 0.717) is 19.0 Å². The van der Waals surface area contributed by atoms with Crippen LogP contribution >= 0.6 is 24.0 Å². The minimum absolute atomic E-state index is 0. The zero-order valence-electron chi connectivity index (χ0n) is 17.7. The summed E-state index contributed by atoms with van der Waals surface area (Å²) in [5.41, 5.74) is 7.44. The van der Waals surface area contributed by atoms with Gasteiger partial charge in [0.1, 0.15) is 5.60 Å². The first-order chi connectivity index (χ1) is 12.7. The van der Waals surface area contributed by atoms with Gasteiger partial charge in [-0.1, -0.05) is 24.3 Å². The molecule has 0 fully saturated rings. The molecule has 0 radical (unpaired) electrons. The number of rotatable bonds is 9. The molecule has 0 spiro atoms. The predicted molar refractivity (Wildman–Crippen MR) is 124 cm³/mol. The monoisotopic (exact) mass is 506 g/mol. The van der Waals surface area contributed by atoms with Gasteiger partial charge in [0.25, 0.3) is 0 Å². The van der Waals surface area contributed by atoms with Crippen molar-refractivity contribution in [2.75, 3.05) is 26.8 Å².